The first-order valence-corrected chi connectivity index (χ1v) is 19.6. The van der Waals surface area contributed by atoms with Crippen LogP contribution in [0.3, 0.4) is 0 Å². The van der Waals surface area contributed by atoms with Gasteiger partial charge in [0.15, 0.2) is 5.82 Å². The van der Waals surface area contributed by atoms with E-state index in [0.717, 1.165) is 28.1 Å². The van der Waals surface area contributed by atoms with Gasteiger partial charge in [0.1, 0.15) is 6.04 Å². The summed E-state index contributed by atoms with van der Waals surface area (Å²) in [5.74, 6) is -2.19. The van der Waals surface area contributed by atoms with Gasteiger partial charge in [-0.3, -0.25) is 48.3 Å². The van der Waals surface area contributed by atoms with Crippen LogP contribution in [0.1, 0.15) is 105 Å². The fourth-order valence-electron chi connectivity index (χ4n) is 9.18. The van der Waals surface area contributed by atoms with Crippen molar-refractivity contribution in [2.75, 3.05) is 31.1 Å². The van der Waals surface area contributed by atoms with Crippen molar-refractivity contribution < 1.29 is 37.5 Å². The van der Waals surface area contributed by atoms with E-state index in [4.69, 9.17) is 5.10 Å². The summed E-state index contributed by atoms with van der Waals surface area (Å²) in [6.45, 7) is 3.75. The van der Waals surface area contributed by atoms with E-state index < -0.39 is 36.1 Å². The zero-order valence-corrected chi connectivity index (χ0v) is 32.0. The second kappa shape index (κ2) is 14.3. The van der Waals surface area contributed by atoms with Gasteiger partial charge in [0, 0.05) is 92.8 Å². The number of carbonyl (C=O) groups excluding carboxylic acids is 6. The maximum absolute atomic E-state index is 14.7. The van der Waals surface area contributed by atoms with Gasteiger partial charge in [-0.05, 0) is 73.6 Å². The van der Waals surface area contributed by atoms with E-state index in [2.05, 4.69) is 10.4 Å². The van der Waals surface area contributed by atoms with E-state index in [1.807, 2.05) is 15.6 Å². The predicted octanol–water partition coefficient (Wildman–Crippen LogP) is 4.09. The van der Waals surface area contributed by atoms with E-state index in [9.17, 15) is 37.5 Å². The summed E-state index contributed by atoms with van der Waals surface area (Å²) in [5.41, 5.74) is 4.88. The molecule has 17 heteroatoms. The average molecular weight is 794 g/mol. The summed E-state index contributed by atoms with van der Waals surface area (Å²) >= 11 is 0. The number of likely N-dealkylation sites (tertiary alicyclic amines) is 1. The number of imide groups is 2. The van der Waals surface area contributed by atoms with Gasteiger partial charge in [0.2, 0.25) is 17.7 Å². The highest BCUT2D eigenvalue weighted by Gasteiger charge is 2.45. The zero-order valence-electron chi connectivity index (χ0n) is 32.0. The van der Waals surface area contributed by atoms with Crippen LogP contribution in [0.4, 0.5) is 20.3 Å². The third kappa shape index (κ3) is 6.23. The normalized spacial score (nSPS) is 19.8. The lowest BCUT2D eigenvalue weighted by Gasteiger charge is -2.34. The second-order valence-corrected chi connectivity index (χ2v) is 15.6. The average Bonchev–Trinajstić information content (AvgIpc) is 3.90. The first kappa shape index (κ1) is 37.3. The SMILES string of the molecule is CC(=O)N1CCc2c(c(N3CCCc4cc(-c5cnn(C)c5)c(C(F)F)cc43)nn2C2CCN(C(=O)c3ccc4c(c3)C(=O)N(C3CCC(=O)NC3=O)C4=O)CC2)C1. The number of anilines is 2. The van der Waals surface area contributed by atoms with Crippen molar-refractivity contribution >= 4 is 46.9 Å². The highest BCUT2D eigenvalue weighted by atomic mass is 19.3. The summed E-state index contributed by atoms with van der Waals surface area (Å²) < 4.78 is 33.0. The van der Waals surface area contributed by atoms with Crippen molar-refractivity contribution in [2.45, 2.75) is 76.9 Å². The summed E-state index contributed by atoms with van der Waals surface area (Å²) in [5, 5.41) is 11.6. The molecule has 300 valence electrons. The number of aromatic nitrogens is 4. The molecule has 1 unspecified atom stereocenters. The molecule has 58 heavy (non-hydrogen) atoms. The van der Waals surface area contributed by atoms with Crippen molar-refractivity contribution in [1.82, 2.24) is 39.6 Å². The Kier molecular flexibility index (Phi) is 9.19. The van der Waals surface area contributed by atoms with Gasteiger partial charge in [0.25, 0.3) is 24.1 Å². The lowest BCUT2D eigenvalue weighted by atomic mass is 9.92. The number of alkyl halides is 2. The van der Waals surface area contributed by atoms with Gasteiger partial charge in [-0.1, -0.05) is 0 Å². The monoisotopic (exact) mass is 793 g/mol. The van der Waals surface area contributed by atoms with Gasteiger partial charge in [-0.2, -0.15) is 10.2 Å². The number of nitrogens with one attached hydrogen (secondary N) is 1. The largest absolute Gasteiger partial charge is 0.338 e. The van der Waals surface area contributed by atoms with Crippen LogP contribution in [0.2, 0.25) is 0 Å². The molecule has 0 spiro atoms. The number of hydrogen-bond donors (Lipinski definition) is 1. The molecule has 0 bridgehead atoms. The summed E-state index contributed by atoms with van der Waals surface area (Å²) in [4.78, 5) is 83.6. The fraction of sp³-hybridized carbons (Fsp3) is 0.415. The van der Waals surface area contributed by atoms with Crippen molar-refractivity contribution in [3.8, 4) is 11.1 Å². The molecule has 2 aromatic heterocycles. The number of halogens is 2. The molecule has 5 aliphatic rings. The number of rotatable bonds is 6. The minimum atomic E-state index is -2.72. The van der Waals surface area contributed by atoms with Crippen LogP contribution in [-0.2, 0) is 40.8 Å². The Hall–Kier alpha value is -6.26. The van der Waals surface area contributed by atoms with Gasteiger partial charge < -0.3 is 14.7 Å². The molecule has 6 amide bonds. The standard InChI is InChI=1S/C41H41F2N9O6/c1-22(53)49-15-11-32-31(21-49)37(50-12-3-4-23-16-28(25-19-44-47(2)20-25)29(36(42)43)18-34(23)50)46-52(32)26-9-13-48(14-10-26)39(56)24-5-6-27-30(17-24)41(58)51(40(27)57)33-7-8-35(54)45-38(33)55/h5-6,16-20,26,33,36H,3-4,7-15,21H2,1-2H3,(H,45,54,55). The van der Waals surface area contributed by atoms with E-state index >= 15 is 0 Å². The van der Waals surface area contributed by atoms with E-state index in [1.54, 1.807) is 40.0 Å². The second-order valence-electron chi connectivity index (χ2n) is 15.6. The maximum atomic E-state index is 14.7. The number of fused-ring (bicyclic) bond motifs is 3. The number of aryl methyl sites for hydroxylation is 2. The van der Waals surface area contributed by atoms with E-state index in [0.29, 0.717) is 81.0 Å². The van der Waals surface area contributed by atoms with Crippen LogP contribution in [0, 0.1) is 0 Å². The first-order valence-electron chi connectivity index (χ1n) is 19.6. The molecule has 1 N–H and O–H groups in total. The molecule has 0 aliphatic carbocycles. The molecular formula is C41H41F2N9O6. The van der Waals surface area contributed by atoms with Gasteiger partial charge in [-0.25, -0.2) is 8.78 Å². The minimum Gasteiger partial charge on any atom is -0.338 e. The first-order chi connectivity index (χ1) is 27.9. The quantitative estimate of drug-likeness (QED) is 0.284. The molecular weight excluding hydrogens is 753 g/mol. The Balaban J connectivity index is 0.969. The number of nitrogens with zero attached hydrogens (tertiary/aromatic N) is 8. The van der Waals surface area contributed by atoms with E-state index in [-0.39, 0.29) is 53.0 Å². The number of hydrogen-bond acceptors (Lipinski definition) is 9. The highest BCUT2D eigenvalue weighted by molar-refractivity contribution is 6.24. The van der Waals surface area contributed by atoms with Crippen LogP contribution >= 0.6 is 0 Å². The number of carbonyl (C=O) groups is 6. The van der Waals surface area contributed by atoms with Gasteiger partial charge >= 0.3 is 0 Å². The summed E-state index contributed by atoms with van der Waals surface area (Å²) in [6, 6.07) is 6.60. The molecule has 4 aromatic rings. The Bertz CT molecular complexity index is 2430. The molecule has 2 saturated heterocycles. The number of benzene rings is 2. The lowest BCUT2D eigenvalue weighted by Crippen LogP contribution is -2.54. The third-order valence-electron chi connectivity index (χ3n) is 12.2. The van der Waals surface area contributed by atoms with Crippen molar-refractivity contribution in [2.24, 2.45) is 7.05 Å². The van der Waals surface area contributed by atoms with Crippen LogP contribution in [0.25, 0.3) is 11.1 Å². The molecule has 7 heterocycles. The minimum absolute atomic E-state index is 0.00553. The zero-order chi connectivity index (χ0) is 40.6. The highest BCUT2D eigenvalue weighted by Crippen LogP contribution is 2.44. The summed E-state index contributed by atoms with van der Waals surface area (Å²) in [6.07, 6.45) is 3.85. The van der Waals surface area contributed by atoms with Crippen LogP contribution in [0.5, 0.6) is 0 Å². The maximum Gasteiger partial charge on any atom is 0.264 e. The molecule has 15 nitrogen and oxygen atoms in total. The summed E-state index contributed by atoms with van der Waals surface area (Å²) in [7, 11) is 1.75. The Morgan fingerprint density at radius 2 is 1.66 bits per heavy atom. The topological polar surface area (TPSA) is 163 Å². The number of amides is 6. The molecule has 2 fully saturated rings. The molecule has 1 atom stereocenters. The van der Waals surface area contributed by atoms with Crippen LogP contribution in [-0.4, -0.2) is 102 Å². The van der Waals surface area contributed by atoms with Crippen molar-refractivity contribution in [1.29, 1.82) is 0 Å². The predicted molar refractivity (Wildman–Crippen MR) is 203 cm³/mol. The third-order valence-corrected chi connectivity index (χ3v) is 12.2. The Morgan fingerprint density at radius 3 is 2.36 bits per heavy atom. The fourth-order valence-corrected chi connectivity index (χ4v) is 9.18. The van der Waals surface area contributed by atoms with Crippen LogP contribution in [0.15, 0.2) is 42.7 Å². The van der Waals surface area contributed by atoms with Gasteiger partial charge in [0.05, 0.1) is 29.9 Å². The number of piperidine rings is 2. The van der Waals surface area contributed by atoms with Gasteiger partial charge in [-0.15, -0.1) is 0 Å². The lowest BCUT2D eigenvalue weighted by molar-refractivity contribution is -0.136. The molecule has 2 aromatic carbocycles. The Labute approximate surface area is 331 Å². The van der Waals surface area contributed by atoms with Crippen molar-refractivity contribution in [3.63, 3.8) is 0 Å². The molecule has 0 radical (unpaired) electrons. The Morgan fingerprint density at radius 1 is 0.879 bits per heavy atom. The van der Waals surface area contributed by atoms with E-state index in [1.165, 1.54) is 25.1 Å². The molecule has 5 aliphatic heterocycles. The molecule has 9 rings (SSSR count). The van der Waals surface area contributed by atoms with Crippen molar-refractivity contribution in [3.05, 3.63) is 81.8 Å². The van der Waals surface area contributed by atoms with Crippen LogP contribution < -0.4 is 10.2 Å². The molecule has 0 saturated carbocycles. The smallest absolute Gasteiger partial charge is 0.264 e.